The summed E-state index contributed by atoms with van der Waals surface area (Å²) in [5, 5.41) is 10.2. The molecule has 1 atom stereocenters. The van der Waals surface area contributed by atoms with Crippen molar-refractivity contribution in [2.24, 2.45) is 5.73 Å². The number of hydrogen-bond acceptors (Lipinski definition) is 7. The fraction of sp³-hybridized carbons (Fsp3) is 0.136. The normalized spacial score (nSPS) is 16.0. The minimum absolute atomic E-state index is 0.0272. The summed E-state index contributed by atoms with van der Waals surface area (Å²) in [6, 6.07) is 13.9. The van der Waals surface area contributed by atoms with Crippen molar-refractivity contribution < 1.29 is 19.1 Å². The lowest BCUT2D eigenvalue weighted by atomic mass is 9.81. The molecule has 10 heteroatoms. The summed E-state index contributed by atoms with van der Waals surface area (Å²) in [7, 11) is 2.34. The van der Waals surface area contributed by atoms with Gasteiger partial charge in [0.2, 0.25) is 0 Å². The van der Waals surface area contributed by atoms with E-state index in [1.54, 1.807) is 42.5 Å². The second-order valence-corrected chi connectivity index (χ2v) is 8.14. The van der Waals surface area contributed by atoms with Crippen molar-refractivity contribution in [3.8, 4) is 6.07 Å². The third kappa shape index (κ3) is 3.95. The largest absolute Gasteiger partial charge is 0.466 e. The second-order valence-electron chi connectivity index (χ2n) is 6.53. The van der Waals surface area contributed by atoms with Crippen LogP contribution in [-0.4, -0.2) is 26.2 Å². The molecule has 164 valence electrons. The highest BCUT2D eigenvalue weighted by Crippen LogP contribution is 2.46. The predicted octanol–water partition coefficient (Wildman–Crippen LogP) is 4.65. The van der Waals surface area contributed by atoms with Gasteiger partial charge in [-0.2, -0.15) is 5.26 Å². The van der Waals surface area contributed by atoms with Crippen LogP contribution in [0.5, 0.6) is 0 Å². The fourth-order valence-corrected chi connectivity index (χ4v) is 4.31. The maximum atomic E-state index is 13.0. The number of anilines is 1. The molecule has 0 radical (unpaired) electrons. The third-order valence-electron chi connectivity index (χ3n) is 4.87. The summed E-state index contributed by atoms with van der Waals surface area (Å²) in [6.07, 6.45) is 0. The number of esters is 2. The maximum absolute atomic E-state index is 13.0. The van der Waals surface area contributed by atoms with Gasteiger partial charge < -0.3 is 15.2 Å². The van der Waals surface area contributed by atoms with Crippen molar-refractivity contribution >= 4 is 56.8 Å². The molecule has 32 heavy (non-hydrogen) atoms. The Labute approximate surface area is 202 Å². The van der Waals surface area contributed by atoms with E-state index in [0.717, 1.165) is 7.11 Å². The van der Waals surface area contributed by atoms with E-state index in [4.69, 9.17) is 38.4 Å². The number of carbonyl (C=O) groups is 2. The van der Waals surface area contributed by atoms with Gasteiger partial charge in [-0.1, -0.05) is 53.5 Å². The summed E-state index contributed by atoms with van der Waals surface area (Å²) in [5.74, 6) is -2.77. The number of nitriles is 1. The number of methoxy groups -OCH3 is 2. The first-order chi connectivity index (χ1) is 15.3. The molecule has 2 N–H and O–H groups in total. The van der Waals surface area contributed by atoms with Crippen LogP contribution in [0, 0.1) is 11.3 Å². The molecule has 3 rings (SSSR count). The van der Waals surface area contributed by atoms with Crippen molar-refractivity contribution in [1.29, 1.82) is 5.26 Å². The summed E-state index contributed by atoms with van der Waals surface area (Å²) in [4.78, 5) is 27.2. The number of halogens is 3. The Balaban J connectivity index is 2.46. The summed E-state index contributed by atoms with van der Waals surface area (Å²) in [6.45, 7) is 0. The molecule has 0 aliphatic carbocycles. The van der Waals surface area contributed by atoms with Crippen molar-refractivity contribution in [3.05, 3.63) is 85.2 Å². The van der Waals surface area contributed by atoms with Crippen LogP contribution in [-0.2, 0) is 19.1 Å². The zero-order valence-corrected chi connectivity index (χ0v) is 20.0. The van der Waals surface area contributed by atoms with Crippen LogP contribution in [0.4, 0.5) is 5.69 Å². The molecule has 0 bridgehead atoms. The maximum Gasteiger partial charge on any atom is 0.355 e. The minimum atomic E-state index is -0.969. The highest BCUT2D eigenvalue weighted by Gasteiger charge is 2.43. The van der Waals surface area contributed by atoms with Crippen molar-refractivity contribution in [2.45, 2.75) is 5.92 Å². The van der Waals surface area contributed by atoms with Crippen LogP contribution in [0.25, 0.3) is 0 Å². The molecule has 0 saturated carbocycles. The van der Waals surface area contributed by atoms with E-state index >= 15 is 0 Å². The topological polar surface area (TPSA) is 106 Å². The molecular formula is C22H16BrCl2N3O4. The molecule has 0 spiro atoms. The zero-order valence-electron chi connectivity index (χ0n) is 16.9. The van der Waals surface area contributed by atoms with Gasteiger partial charge in [0, 0.05) is 4.47 Å². The molecule has 1 unspecified atom stereocenters. The van der Waals surface area contributed by atoms with E-state index in [1.165, 1.54) is 12.0 Å². The third-order valence-corrected chi connectivity index (χ3v) is 6.63. The number of allylic oxidation sites excluding steroid dienone is 1. The quantitative estimate of drug-likeness (QED) is 0.447. The standard InChI is InChI=1S/C22H16BrCl2N3O4/c1-31-21(29)16-15(11-6-4-3-5-7-11)12(10-26)20(27)28(19(16)22(30)32-2)14-9-8-13(23)17(24)18(14)25/h3-9,15H,27H2,1-2H3. The number of nitrogens with zero attached hydrogens (tertiary/aromatic N) is 2. The van der Waals surface area contributed by atoms with E-state index < -0.39 is 17.9 Å². The molecule has 0 fully saturated rings. The number of ether oxygens (including phenoxy) is 2. The summed E-state index contributed by atoms with van der Waals surface area (Å²) in [5.41, 5.74) is 6.83. The predicted molar refractivity (Wildman–Crippen MR) is 124 cm³/mol. The molecular weight excluding hydrogens is 521 g/mol. The summed E-state index contributed by atoms with van der Waals surface area (Å²) < 4.78 is 10.5. The molecule has 0 amide bonds. The zero-order chi connectivity index (χ0) is 23.6. The van der Waals surface area contributed by atoms with Gasteiger partial charge in [-0.3, -0.25) is 4.90 Å². The Morgan fingerprint density at radius 3 is 2.25 bits per heavy atom. The second kappa shape index (κ2) is 9.65. The average molecular weight is 537 g/mol. The molecule has 1 aliphatic rings. The van der Waals surface area contributed by atoms with E-state index in [9.17, 15) is 14.9 Å². The van der Waals surface area contributed by atoms with Crippen LogP contribution < -0.4 is 10.6 Å². The lowest BCUT2D eigenvalue weighted by Crippen LogP contribution is -2.40. The number of carbonyl (C=O) groups excluding carboxylic acids is 2. The van der Waals surface area contributed by atoms with Gasteiger partial charge in [0.25, 0.3) is 0 Å². The lowest BCUT2D eigenvalue weighted by molar-refractivity contribution is -0.139. The lowest BCUT2D eigenvalue weighted by Gasteiger charge is -2.36. The first-order valence-electron chi connectivity index (χ1n) is 9.07. The highest BCUT2D eigenvalue weighted by atomic mass is 79.9. The smallest absolute Gasteiger partial charge is 0.355 e. The molecule has 7 nitrogen and oxygen atoms in total. The van der Waals surface area contributed by atoms with E-state index in [-0.39, 0.29) is 38.4 Å². The number of hydrogen-bond donors (Lipinski definition) is 1. The van der Waals surface area contributed by atoms with E-state index in [0.29, 0.717) is 10.0 Å². The number of rotatable bonds is 4. The Bertz CT molecular complexity index is 1210. The first-order valence-corrected chi connectivity index (χ1v) is 10.6. The van der Waals surface area contributed by atoms with E-state index in [2.05, 4.69) is 22.0 Å². The van der Waals surface area contributed by atoms with Gasteiger partial charge >= 0.3 is 11.9 Å². The highest BCUT2D eigenvalue weighted by molar-refractivity contribution is 9.10. The van der Waals surface area contributed by atoms with Crippen LogP contribution in [0.2, 0.25) is 10.0 Å². The molecule has 2 aromatic carbocycles. The van der Waals surface area contributed by atoms with Gasteiger partial charge in [-0.25, -0.2) is 9.59 Å². The van der Waals surface area contributed by atoms with Gasteiger partial charge in [0.15, 0.2) is 0 Å². The first kappa shape index (κ1) is 23.7. The van der Waals surface area contributed by atoms with Gasteiger partial charge in [0.05, 0.1) is 53.1 Å². The number of benzene rings is 2. The van der Waals surface area contributed by atoms with Crippen molar-refractivity contribution in [1.82, 2.24) is 0 Å². The van der Waals surface area contributed by atoms with Crippen LogP contribution >= 0.6 is 39.1 Å². The van der Waals surface area contributed by atoms with Crippen LogP contribution in [0.3, 0.4) is 0 Å². The Morgan fingerprint density at radius 2 is 1.69 bits per heavy atom. The Morgan fingerprint density at radius 1 is 1.06 bits per heavy atom. The SMILES string of the molecule is COC(=O)C1=C(C(=O)OC)N(c2ccc(Br)c(Cl)c2Cl)C(N)=C(C#N)C1c1ccccc1. The molecule has 1 heterocycles. The van der Waals surface area contributed by atoms with Gasteiger partial charge in [-0.15, -0.1) is 0 Å². The molecule has 0 aromatic heterocycles. The Kier molecular flexibility index (Phi) is 7.14. The Hall–Kier alpha value is -2.99. The molecule has 1 aliphatic heterocycles. The fourth-order valence-electron chi connectivity index (χ4n) is 3.45. The number of nitrogens with two attached hydrogens (primary N) is 1. The molecule has 2 aromatic rings. The monoisotopic (exact) mass is 535 g/mol. The van der Waals surface area contributed by atoms with E-state index in [1.807, 2.05) is 0 Å². The van der Waals surface area contributed by atoms with Crippen molar-refractivity contribution in [3.63, 3.8) is 0 Å². The minimum Gasteiger partial charge on any atom is -0.466 e. The molecule has 0 saturated heterocycles. The van der Waals surface area contributed by atoms with Gasteiger partial charge in [0.1, 0.15) is 11.5 Å². The average Bonchev–Trinajstić information content (AvgIpc) is 2.81. The van der Waals surface area contributed by atoms with Crippen LogP contribution in [0.1, 0.15) is 11.5 Å². The van der Waals surface area contributed by atoms with Gasteiger partial charge in [-0.05, 0) is 33.6 Å². The van der Waals surface area contributed by atoms with Crippen molar-refractivity contribution in [2.75, 3.05) is 19.1 Å². The van der Waals surface area contributed by atoms with Crippen LogP contribution in [0.15, 0.2) is 69.6 Å². The summed E-state index contributed by atoms with van der Waals surface area (Å²) >= 11 is 16.0.